The fourth-order valence-electron chi connectivity index (χ4n) is 2.95. The molecule has 154 valence electrons. The number of hydrogen-bond donors (Lipinski definition) is 2. The summed E-state index contributed by atoms with van der Waals surface area (Å²) in [6.07, 6.45) is -4.42. The molecule has 1 heterocycles. The first-order valence-corrected chi connectivity index (χ1v) is 8.30. The fourth-order valence-corrected chi connectivity index (χ4v) is 2.95. The zero-order valence-electron chi connectivity index (χ0n) is 15.5. The minimum Gasteiger partial charge on any atom is -0.496 e. The molecule has 0 bridgehead atoms. The zero-order valence-corrected chi connectivity index (χ0v) is 16.3. The van der Waals surface area contributed by atoms with Crippen LogP contribution < -0.4 is 20.1 Å². The first-order chi connectivity index (χ1) is 12.3. The number of carbonyl (C=O) groups excluding carboxylic acids is 1. The Bertz CT molecular complexity index is 613. The molecule has 1 aromatic rings. The van der Waals surface area contributed by atoms with Crippen LogP contribution in [0.5, 0.6) is 11.5 Å². The van der Waals surface area contributed by atoms with E-state index in [1.165, 1.54) is 31.3 Å². The van der Waals surface area contributed by atoms with Crippen molar-refractivity contribution in [1.29, 1.82) is 0 Å². The highest BCUT2D eigenvalue weighted by Crippen LogP contribution is 2.29. The van der Waals surface area contributed by atoms with Crippen molar-refractivity contribution >= 4 is 18.3 Å². The van der Waals surface area contributed by atoms with Gasteiger partial charge in [0.2, 0.25) is 0 Å². The molecule has 0 aliphatic carbocycles. The molecular weight excluding hydrogens is 387 g/mol. The predicted octanol–water partition coefficient (Wildman–Crippen LogP) is 2.00. The van der Waals surface area contributed by atoms with E-state index in [1.807, 2.05) is 0 Å². The van der Waals surface area contributed by atoms with E-state index in [0.717, 1.165) is 0 Å². The largest absolute Gasteiger partial charge is 0.496 e. The van der Waals surface area contributed by atoms with Gasteiger partial charge < -0.3 is 20.1 Å². The van der Waals surface area contributed by atoms with Gasteiger partial charge in [0.25, 0.3) is 5.91 Å². The molecule has 1 fully saturated rings. The average Bonchev–Trinajstić information content (AvgIpc) is 2.61. The second-order valence-electron chi connectivity index (χ2n) is 6.06. The molecule has 6 nitrogen and oxygen atoms in total. The van der Waals surface area contributed by atoms with Crippen molar-refractivity contribution in [1.82, 2.24) is 15.5 Å². The molecule has 1 atom stereocenters. The number of nitrogens with zero attached hydrogens (tertiary/aromatic N) is 1. The Morgan fingerprint density at radius 2 is 1.74 bits per heavy atom. The number of rotatable bonds is 6. The highest BCUT2D eigenvalue weighted by molar-refractivity contribution is 5.95. The monoisotopic (exact) mass is 411 g/mol. The van der Waals surface area contributed by atoms with Crippen LogP contribution in [0.2, 0.25) is 0 Å². The summed E-state index contributed by atoms with van der Waals surface area (Å²) in [6, 6.07) is 1.25. The number of benzene rings is 1. The molecule has 1 amide bonds. The molecule has 0 spiro atoms. The van der Waals surface area contributed by atoms with Crippen molar-refractivity contribution < 1.29 is 27.4 Å². The van der Waals surface area contributed by atoms with Crippen LogP contribution >= 0.6 is 12.4 Å². The number of ether oxygens (including phenoxy) is 2. The van der Waals surface area contributed by atoms with Crippen molar-refractivity contribution in [3.05, 3.63) is 23.3 Å². The third-order valence-electron chi connectivity index (χ3n) is 4.44. The molecule has 1 aliphatic rings. The van der Waals surface area contributed by atoms with Crippen LogP contribution in [-0.2, 0) is 0 Å². The van der Waals surface area contributed by atoms with Crippen LogP contribution in [0.1, 0.15) is 15.9 Å². The summed E-state index contributed by atoms with van der Waals surface area (Å²) in [6.45, 7) is 2.81. The quantitative estimate of drug-likeness (QED) is 0.749. The summed E-state index contributed by atoms with van der Waals surface area (Å²) in [5.74, 6) is 0.263. The number of piperazine rings is 1. The Morgan fingerprint density at radius 3 is 2.19 bits per heavy atom. The average molecular weight is 412 g/mol. The second kappa shape index (κ2) is 10.0. The molecule has 10 heteroatoms. The lowest BCUT2D eigenvalue weighted by Gasteiger charge is -2.35. The van der Waals surface area contributed by atoms with Crippen molar-refractivity contribution in [2.45, 2.75) is 19.1 Å². The maximum Gasteiger partial charge on any atom is 0.405 e. The van der Waals surface area contributed by atoms with E-state index in [9.17, 15) is 18.0 Å². The number of carbonyl (C=O) groups is 1. The molecular formula is C17H25ClF3N3O3. The molecule has 1 aliphatic heterocycles. The number of alkyl halides is 3. The van der Waals surface area contributed by atoms with Crippen LogP contribution in [0.3, 0.4) is 0 Å². The Morgan fingerprint density at radius 1 is 1.22 bits per heavy atom. The van der Waals surface area contributed by atoms with Crippen molar-refractivity contribution in [2.75, 3.05) is 46.9 Å². The van der Waals surface area contributed by atoms with Crippen LogP contribution in [0.15, 0.2) is 12.1 Å². The zero-order chi connectivity index (χ0) is 19.3. The van der Waals surface area contributed by atoms with Gasteiger partial charge in [0.1, 0.15) is 17.5 Å². The molecule has 1 aromatic carbocycles. The molecule has 27 heavy (non-hydrogen) atoms. The van der Waals surface area contributed by atoms with Gasteiger partial charge in [0.15, 0.2) is 0 Å². The minimum absolute atomic E-state index is 0. The van der Waals surface area contributed by atoms with E-state index in [2.05, 4.69) is 10.6 Å². The summed E-state index contributed by atoms with van der Waals surface area (Å²) in [4.78, 5) is 13.7. The maximum atomic E-state index is 13.4. The van der Waals surface area contributed by atoms with Crippen LogP contribution in [0, 0.1) is 6.92 Å². The molecule has 1 saturated heterocycles. The lowest BCUT2D eigenvalue weighted by molar-refractivity contribution is -0.183. The first kappa shape index (κ1) is 23.3. The number of methoxy groups -OCH3 is 2. The van der Waals surface area contributed by atoms with Gasteiger partial charge in [-0.05, 0) is 19.1 Å². The third-order valence-corrected chi connectivity index (χ3v) is 4.44. The summed E-state index contributed by atoms with van der Waals surface area (Å²) in [5.41, 5.74) is 0.895. The summed E-state index contributed by atoms with van der Waals surface area (Å²) < 4.78 is 50.6. The Labute approximate surface area is 162 Å². The predicted molar refractivity (Wildman–Crippen MR) is 98.1 cm³/mol. The van der Waals surface area contributed by atoms with Gasteiger partial charge in [-0.25, -0.2) is 0 Å². The first-order valence-electron chi connectivity index (χ1n) is 8.30. The van der Waals surface area contributed by atoms with Gasteiger partial charge in [0.05, 0.1) is 14.2 Å². The lowest BCUT2D eigenvalue weighted by Crippen LogP contribution is -2.57. The molecule has 1 unspecified atom stereocenters. The highest BCUT2D eigenvalue weighted by Gasteiger charge is 2.43. The van der Waals surface area contributed by atoms with Crippen LogP contribution in [0.25, 0.3) is 0 Å². The van der Waals surface area contributed by atoms with Crippen molar-refractivity contribution in [3.8, 4) is 11.5 Å². The highest BCUT2D eigenvalue weighted by atomic mass is 35.5. The standard InChI is InChI=1S/C17H24F3N3O3.ClH/c1-11-13(25-2)8-12(9-14(11)26-3)16(24)22-10-15(17(18,19)20)23-6-4-21-5-7-23;/h8-9,15,21H,4-7,10H2,1-3H3,(H,22,24);1H. The van der Waals surface area contributed by atoms with Gasteiger partial charge in [-0.3, -0.25) is 9.69 Å². The van der Waals surface area contributed by atoms with E-state index in [0.29, 0.717) is 30.2 Å². The number of halogens is 4. The Kier molecular flexibility index (Phi) is 8.64. The maximum absolute atomic E-state index is 13.4. The second-order valence-corrected chi connectivity index (χ2v) is 6.06. The Hall–Kier alpha value is -1.71. The lowest BCUT2D eigenvalue weighted by atomic mass is 10.1. The summed E-state index contributed by atoms with van der Waals surface area (Å²) in [7, 11) is 2.90. The number of hydrogen-bond acceptors (Lipinski definition) is 5. The molecule has 2 N–H and O–H groups in total. The molecule has 0 aromatic heterocycles. The van der Waals surface area contributed by atoms with Gasteiger partial charge >= 0.3 is 6.18 Å². The van der Waals surface area contributed by atoms with E-state index in [1.54, 1.807) is 6.92 Å². The number of nitrogens with one attached hydrogen (secondary N) is 2. The van der Waals surface area contributed by atoms with E-state index >= 15 is 0 Å². The van der Waals surface area contributed by atoms with E-state index in [-0.39, 0.29) is 31.1 Å². The number of amides is 1. The summed E-state index contributed by atoms with van der Waals surface area (Å²) >= 11 is 0. The SMILES string of the molecule is COc1cc(C(=O)NCC(N2CCNCC2)C(F)(F)F)cc(OC)c1C.Cl. The normalized spacial score (nSPS) is 16.2. The van der Waals surface area contributed by atoms with Crippen molar-refractivity contribution in [2.24, 2.45) is 0 Å². The molecule has 0 radical (unpaired) electrons. The van der Waals surface area contributed by atoms with Gasteiger partial charge in [-0.1, -0.05) is 0 Å². The van der Waals surface area contributed by atoms with Crippen molar-refractivity contribution in [3.63, 3.8) is 0 Å². The fraction of sp³-hybridized carbons (Fsp3) is 0.588. The summed E-state index contributed by atoms with van der Waals surface area (Å²) in [5, 5.41) is 5.41. The van der Waals surface area contributed by atoms with Crippen LogP contribution in [0.4, 0.5) is 13.2 Å². The van der Waals surface area contributed by atoms with Gasteiger partial charge in [-0.2, -0.15) is 13.2 Å². The van der Waals surface area contributed by atoms with Crippen LogP contribution in [-0.4, -0.2) is 70.0 Å². The topological polar surface area (TPSA) is 62.8 Å². The Balaban J connectivity index is 0.00000364. The van der Waals surface area contributed by atoms with Gasteiger partial charge in [0, 0.05) is 43.9 Å². The smallest absolute Gasteiger partial charge is 0.405 e. The third kappa shape index (κ3) is 5.88. The van der Waals surface area contributed by atoms with E-state index in [4.69, 9.17) is 9.47 Å². The minimum atomic E-state index is -4.42. The van der Waals surface area contributed by atoms with Gasteiger partial charge in [-0.15, -0.1) is 12.4 Å². The van der Waals surface area contributed by atoms with E-state index < -0.39 is 24.7 Å². The molecule has 0 saturated carbocycles. The molecule has 2 rings (SSSR count).